The molecule has 1 aliphatic heterocycles. The normalized spacial score (nSPS) is 32.2. The second-order valence-electron chi connectivity index (χ2n) is 7.55. The zero-order valence-corrected chi connectivity index (χ0v) is 16.4. The summed E-state index contributed by atoms with van der Waals surface area (Å²) >= 11 is 25.6. The Bertz CT molecular complexity index is 865. The maximum atomic E-state index is 6.62. The molecule has 0 unspecified atom stereocenters. The third-order valence-electron chi connectivity index (χ3n) is 6.44. The molecule has 2 fully saturated rings. The predicted octanol–water partition coefficient (Wildman–Crippen LogP) is 7.60. The van der Waals surface area contributed by atoms with Gasteiger partial charge in [-0.2, -0.15) is 0 Å². The van der Waals surface area contributed by atoms with Gasteiger partial charge < -0.3 is 5.32 Å². The summed E-state index contributed by atoms with van der Waals surface area (Å²) < 4.78 is 0. The van der Waals surface area contributed by atoms with Gasteiger partial charge in [-0.1, -0.05) is 52.5 Å². The molecule has 2 saturated carbocycles. The van der Waals surface area contributed by atoms with Crippen molar-refractivity contribution < 1.29 is 0 Å². The third kappa shape index (κ3) is 2.43. The highest BCUT2D eigenvalue weighted by Crippen LogP contribution is 2.65. The number of benzene rings is 2. The number of halogens is 4. The van der Waals surface area contributed by atoms with E-state index in [1.807, 2.05) is 24.3 Å². The molecule has 2 aromatic carbocycles. The van der Waals surface area contributed by atoms with Crippen LogP contribution in [0.25, 0.3) is 0 Å². The minimum atomic E-state index is 0.193. The van der Waals surface area contributed by atoms with Gasteiger partial charge in [0.05, 0.1) is 26.8 Å². The van der Waals surface area contributed by atoms with Crippen LogP contribution in [0.1, 0.15) is 42.3 Å². The summed E-state index contributed by atoms with van der Waals surface area (Å²) in [6.45, 7) is 0. The lowest BCUT2D eigenvalue weighted by molar-refractivity contribution is 0.248. The van der Waals surface area contributed by atoms with E-state index < -0.39 is 0 Å². The van der Waals surface area contributed by atoms with Crippen LogP contribution in [0.15, 0.2) is 30.3 Å². The van der Waals surface area contributed by atoms with Crippen LogP contribution < -0.4 is 5.32 Å². The average Bonchev–Trinajstić information content (AvgIpc) is 3.22. The molecule has 0 radical (unpaired) electrons. The van der Waals surface area contributed by atoms with E-state index in [0.717, 1.165) is 21.7 Å². The molecule has 1 heterocycles. The Labute approximate surface area is 167 Å². The topological polar surface area (TPSA) is 12.0 Å². The van der Waals surface area contributed by atoms with Crippen LogP contribution in [-0.4, -0.2) is 0 Å². The van der Waals surface area contributed by atoms with E-state index in [0.29, 0.717) is 27.8 Å². The molecule has 2 bridgehead atoms. The Hall–Kier alpha value is -0.600. The van der Waals surface area contributed by atoms with Crippen LogP contribution in [0.2, 0.25) is 20.1 Å². The van der Waals surface area contributed by atoms with Crippen LogP contribution in [0, 0.1) is 17.8 Å². The summed E-state index contributed by atoms with van der Waals surface area (Å²) in [6, 6.07) is 9.98. The smallest absolute Gasteiger partial charge is 0.0641 e. The van der Waals surface area contributed by atoms with E-state index in [1.54, 1.807) is 0 Å². The number of hydrogen-bond acceptors (Lipinski definition) is 1. The van der Waals surface area contributed by atoms with Crippen molar-refractivity contribution in [3.63, 3.8) is 0 Å². The summed E-state index contributed by atoms with van der Waals surface area (Å²) in [5.41, 5.74) is 3.40. The fraction of sp³-hybridized carbons (Fsp3) is 0.400. The number of anilines is 1. The SMILES string of the molecule is Clc1ccc([C@H]2Nc3c(Cl)ccc(Cl)c3[C@H]3[C@@H]4CC[C@@H](C4)[C@H]32)cc1Cl. The molecule has 1 nitrogen and oxygen atoms in total. The summed E-state index contributed by atoms with van der Waals surface area (Å²) in [5, 5.41) is 6.47. The Morgan fingerprint density at radius 3 is 2.32 bits per heavy atom. The van der Waals surface area contributed by atoms with Gasteiger partial charge in [0.15, 0.2) is 0 Å². The Balaban J connectivity index is 1.68. The fourth-order valence-corrected chi connectivity index (χ4v) is 6.36. The molecule has 0 saturated heterocycles. The maximum Gasteiger partial charge on any atom is 0.0641 e. The summed E-state index contributed by atoms with van der Waals surface area (Å²) in [7, 11) is 0. The van der Waals surface area contributed by atoms with Crippen LogP contribution in [-0.2, 0) is 0 Å². The molecule has 0 spiro atoms. The van der Waals surface area contributed by atoms with Gasteiger partial charge in [0.2, 0.25) is 0 Å². The van der Waals surface area contributed by atoms with Crippen LogP contribution in [0.3, 0.4) is 0 Å². The zero-order chi connectivity index (χ0) is 17.3. The summed E-state index contributed by atoms with van der Waals surface area (Å²) in [6.07, 6.45) is 3.89. The van der Waals surface area contributed by atoms with Crippen molar-refractivity contribution in [1.82, 2.24) is 0 Å². The molecule has 0 aromatic heterocycles. The lowest BCUT2D eigenvalue weighted by Gasteiger charge is -2.44. The summed E-state index contributed by atoms with van der Waals surface area (Å²) in [4.78, 5) is 0. The van der Waals surface area contributed by atoms with Crippen LogP contribution >= 0.6 is 46.4 Å². The van der Waals surface area contributed by atoms with Gasteiger partial charge in [0.25, 0.3) is 0 Å². The molecule has 0 amide bonds. The Kier molecular flexibility index (Phi) is 3.95. The van der Waals surface area contributed by atoms with Crippen molar-refractivity contribution >= 4 is 52.1 Å². The van der Waals surface area contributed by atoms with Gasteiger partial charge in [0, 0.05) is 5.02 Å². The first-order valence-corrected chi connectivity index (χ1v) is 10.2. The largest absolute Gasteiger partial charge is 0.376 e. The van der Waals surface area contributed by atoms with Gasteiger partial charge in [0.1, 0.15) is 0 Å². The van der Waals surface area contributed by atoms with Crippen molar-refractivity contribution in [2.75, 3.05) is 5.32 Å². The van der Waals surface area contributed by atoms with E-state index in [2.05, 4.69) is 11.4 Å². The van der Waals surface area contributed by atoms with Crippen molar-refractivity contribution in [1.29, 1.82) is 0 Å². The van der Waals surface area contributed by atoms with Crippen LogP contribution in [0.5, 0.6) is 0 Å². The number of rotatable bonds is 1. The van der Waals surface area contributed by atoms with E-state index in [-0.39, 0.29) is 6.04 Å². The minimum Gasteiger partial charge on any atom is -0.376 e. The fourth-order valence-electron chi connectivity index (χ4n) is 5.55. The second-order valence-corrected chi connectivity index (χ2v) is 9.18. The second kappa shape index (κ2) is 5.96. The van der Waals surface area contributed by atoms with E-state index >= 15 is 0 Å². The molecular formula is C20H17Cl4N. The number of hydrogen-bond donors (Lipinski definition) is 1. The molecular weight excluding hydrogens is 396 g/mol. The highest BCUT2D eigenvalue weighted by atomic mass is 35.5. The average molecular weight is 413 g/mol. The number of nitrogens with one attached hydrogen (secondary N) is 1. The summed E-state index contributed by atoms with van der Waals surface area (Å²) in [5.74, 6) is 2.43. The molecule has 2 aliphatic carbocycles. The molecule has 1 N–H and O–H groups in total. The van der Waals surface area contributed by atoms with Crippen molar-refractivity contribution in [2.24, 2.45) is 17.8 Å². The van der Waals surface area contributed by atoms with Gasteiger partial charge >= 0.3 is 0 Å². The quantitative estimate of drug-likeness (QED) is 0.508. The van der Waals surface area contributed by atoms with E-state index in [9.17, 15) is 0 Å². The molecule has 5 rings (SSSR count). The first-order valence-electron chi connectivity index (χ1n) is 8.74. The van der Waals surface area contributed by atoms with Crippen molar-refractivity contribution in [2.45, 2.75) is 31.2 Å². The van der Waals surface area contributed by atoms with Gasteiger partial charge in [-0.05, 0) is 78.3 Å². The third-order valence-corrected chi connectivity index (χ3v) is 7.83. The zero-order valence-electron chi connectivity index (χ0n) is 13.4. The van der Waals surface area contributed by atoms with Crippen molar-refractivity contribution in [3.8, 4) is 0 Å². The number of fused-ring (bicyclic) bond motifs is 7. The molecule has 5 heteroatoms. The first-order chi connectivity index (χ1) is 12.0. The minimum absolute atomic E-state index is 0.193. The molecule has 3 aliphatic rings. The van der Waals surface area contributed by atoms with E-state index in [1.165, 1.54) is 30.4 Å². The molecule has 25 heavy (non-hydrogen) atoms. The highest BCUT2D eigenvalue weighted by molar-refractivity contribution is 6.42. The van der Waals surface area contributed by atoms with Crippen molar-refractivity contribution in [3.05, 3.63) is 61.5 Å². The lowest BCUT2D eigenvalue weighted by Crippen LogP contribution is -2.35. The first kappa shape index (κ1) is 16.6. The maximum absolute atomic E-state index is 6.62. The molecule has 2 aromatic rings. The lowest BCUT2D eigenvalue weighted by atomic mass is 9.68. The molecule has 130 valence electrons. The van der Waals surface area contributed by atoms with Gasteiger partial charge in [-0.3, -0.25) is 0 Å². The standard InChI is InChI=1S/C20H17Cl4N/c21-12-4-3-11(8-15(12)24)19-17-10-2-1-9(7-10)16(17)18-13(22)5-6-14(23)20(18)25-19/h3-6,8-10,16-17,19,25H,1-2,7H2/t9-,10+,16+,17-,19-/m1/s1. The van der Waals surface area contributed by atoms with Gasteiger partial charge in [-0.15, -0.1) is 0 Å². The monoisotopic (exact) mass is 411 g/mol. The van der Waals surface area contributed by atoms with E-state index in [4.69, 9.17) is 46.4 Å². The molecule has 5 atom stereocenters. The highest BCUT2D eigenvalue weighted by Gasteiger charge is 2.54. The van der Waals surface area contributed by atoms with Crippen LogP contribution in [0.4, 0.5) is 5.69 Å². The Morgan fingerprint density at radius 2 is 1.52 bits per heavy atom. The van der Waals surface area contributed by atoms with Gasteiger partial charge in [-0.25, -0.2) is 0 Å². The predicted molar refractivity (Wildman–Crippen MR) is 106 cm³/mol. The Morgan fingerprint density at radius 1 is 0.800 bits per heavy atom.